The van der Waals surface area contributed by atoms with Crippen LogP contribution in [0.15, 0.2) is 15.9 Å². The Morgan fingerprint density at radius 1 is 1.75 bits per heavy atom. The molecule has 0 radical (unpaired) electrons. The first kappa shape index (κ1) is 9.74. The molecule has 2 nitrogen and oxygen atoms in total. The van der Waals surface area contributed by atoms with Gasteiger partial charge in [0.2, 0.25) is 5.91 Å². The molecule has 0 aliphatic carbocycles. The first-order valence-electron chi connectivity index (χ1n) is 3.55. The molecule has 4 heteroatoms. The van der Waals surface area contributed by atoms with E-state index in [1.54, 1.807) is 30.2 Å². The van der Waals surface area contributed by atoms with E-state index < -0.39 is 0 Å². The van der Waals surface area contributed by atoms with Crippen molar-refractivity contribution >= 4 is 33.2 Å². The Morgan fingerprint density at radius 2 is 2.42 bits per heavy atom. The summed E-state index contributed by atoms with van der Waals surface area (Å²) in [5.74, 6) is 0.0929. The molecule has 1 aromatic heterocycles. The van der Waals surface area contributed by atoms with E-state index in [0.717, 1.165) is 4.47 Å². The molecule has 0 aliphatic heterocycles. The summed E-state index contributed by atoms with van der Waals surface area (Å²) in [7, 11) is 1.80. The highest BCUT2D eigenvalue weighted by Crippen LogP contribution is 2.23. The summed E-state index contributed by atoms with van der Waals surface area (Å²) in [6.45, 7) is 2.26. The van der Waals surface area contributed by atoms with E-state index in [1.165, 1.54) is 4.88 Å². The van der Waals surface area contributed by atoms with Gasteiger partial charge >= 0.3 is 0 Å². The number of nitrogens with zero attached hydrogens (tertiary/aromatic N) is 1. The van der Waals surface area contributed by atoms with Crippen molar-refractivity contribution in [3.8, 4) is 0 Å². The third kappa shape index (κ3) is 2.32. The van der Waals surface area contributed by atoms with Crippen molar-refractivity contribution in [2.24, 2.45) is 0 Å². The Morgan fingerprint density at radius 3 is 2.83 bits per heavy atom. The van der Waals surface area contributed by atoms with E-state index in [9.17, 15) is 4.79 Å². The van der Waals surface area contributed by atoms with E-state index in [2.05, 4.69) is 15.9 Å². The van der Waals surface area contributed by atoms with Gasteiger partial charge in [-0.3, -0.25) is 4.79 Å². The number of hydrogen-bond acceptors (Lipinski definition) is 2. The fourth-order valence-electron chi connectivity index (χ4n) is 0.765. The van der Waals surface area contributed by atoms with Gasteiger partial charge in [0.05, 0.1) is 6.54 Å². The van der Waals surface area contributed by atoms with Gasteiger partial charge in [0, 0.05) is 23.3 Å². The molecule has 0 N–H and O–H groups in total. The normalized spacial score (nSPS) is 9.92. The number of rotatable bonds is 2. The van der Waals surface area contributed by atoms with E-state index in [-0.39, 0.29) is 5.91 Å². The van der Waals surface area contributed by atoms with Crippen LogP contribution in [0.2, 0.25) is 0 Å². The molecule has 0 aromatic carbocycles. The average molecular weight is 248 g/mol. The third-order valence-electron chi connectivity index (χ3n) is 1.61. The summed E-state index contributed by atoms with van der Waals surface area (Å²) in [6.07, 6.45) is 0. The maximum atomic E-state index is 10.9. The summed E-state index contributed by atoms with van der Waals surface area (Å²) >= 11 is 5.07. The van der Waals surface area contributed by atoms with Gasteiger partial charge in [-0.05, 0) is 27.4 Å². The van der Waals surface area contributed by atoms with Gasteiger partial charge in [0.25, 0.3) is 0 Å². The molecule has 0 fully saturated rings. The Hall–Kier alpha value is -0.350. The molecule has 1 amide bonds. The molecule has 12 heavy (non-hydrogen) atoms. The number of carbonyl (C=O) groups is 1. The molecule has 66 valence electrons. The minimum atomic E-state index is 0.0929. The molecule has 0 bridgehead atoms. The Bertz CT molecular complexity index is 284. The molecule has 1 rings (SSSR count). The van der Waals surface area contributed by atoms with Crippen LogP contribution in [0.25, 0.3) is 0 Å². The summed E-state index contributed by atoms with van der Waals surface area (Å²) < 4.78 is 1.08. The van der Waals surface area contributed by atoms with E-state index >= 15 is 0 Å². The van der Waals surface area contributed by atoms with Crippen molar-refractivity contribution in [2.75, 3.05) is 7.05 Å². The van der Waals surface area contributed by atoms with Crippen molar-refractivity contribution in [3.63, 3.8) is 0 Å². The fraction of sp³-hybridized carbons (Fsp3) is 0.375. The second-order valence-corrected chi connectivity index (χ2v) is 4.42. The van der Waals surface area contributed by atoms with Gasteiger partial charge in [0.1, 0.15) is 0 Å². The van der Waals surface area contributed by atoms with Crippen LogP contribution in [0.4, 0.5) is 0 Å². The highest BCUT2D eigenvalue weighted by Gasteiger charge is 2.06. The van der Waals surface area contributed by atoms with Gasteiger partial charge in [0.15, 0.2) is 0 Å². The summed E-state index contributed by atoms with van der Waals surface area (Å²) in [4.78, 5) is 13.8. The quantitative estimate of drug-likeness (QED) is 0.787. The van der Waals surface area contributed by atoms with Crippen LogP contribution in [0.3, 0.4) is 0 Å². The van der Waals surface area contributed by atoms with Crippen LogP contribution in [0, 0.1) is 0 Å². The molecule has 0 aliphatic rings. The van der Waals surface area contributed by atoms with Crippen molar-refractivity contribution < 1.29 is 4.79 Å². The fourth-order valence-corrected chi connectivity index (χ4v) is 2.29. The van der Waals surface area contributed by atoms with Gasteiger partial charge in [-0.15, -0.1) is 11.3 Å². The zero-order valence-electron chi connectivity index (χ0n) is 7.00. The van der Waals surface area contributed by atoms with Crippen molar-refractivity contribution in [3.05, 3.63) is 20.8 Å². The predicted octanol–water partition coefficient (Wildman–Crippen LogP) is 2.49. The lowest BCUT2D eigenvalue weighted by atomic mass is 10.4. The summed E-state index contributed by atoms with van der Waals surface area (Å²) in [5.41, 5.74) is 0. The third-order valence-corrected chi connectivity index (χ3v) is 3.52. The van der Waals surface area contributed by atoms with Crippen molar-refractivity contribution in [2.45, 2.75) is 13.5 Å². The van der Waals surface area contributed by atoms with Crippen LogP contribution in [-0.4, -0.2) is 17.9 Å². The lowest BCUT2D eigenvalue weighted by molar-refractivity contribution is -0.128. The maximum absolute atomic E-state index is 10.9. The largest absolute Gasteiger partial charge is 0.341 e. The zero-order valence-corrected chi connectivity index (χ0v) is 9.41. The van der Waals surface area contributed by atoms with Gasteiger partial charge in [-0.2, -0.15) is 0 Å². The lowest BCUT2D eigenvalue weighted by Gasteiger charge is -2.13. The average Bonchev–Trinajstić information content (AvgIpc) is 2.36. The molecule has 0 spiro atoms. The predicted molar refractivity (Wildman–Crippen MR) is 54.2 cm³/mol. The molecule has 0 unspecified atom stereocenters. The Kier molecular flexibility index (Phi) is 3.29. The van der Waals surface area contributed by atoms with E-state index in [1.807, 2.05) is 11.4 Å². The van der Waals surface area contributed by atoms with Crippen LogP contribution in [-0.2, 0) is 11.3 Å². The smallest absolute Gasteiger partial charge is 0.219 e. The number of thiophene rings is 1. The minimum absolute atomic E-state index is 0.0929. The number of amides is 1. The molecular weight excluding hydrogens is 238 g/mol. The summed E-state index contributed by atoms with van der Waals surface area (Å²) in [5, 5.41) is 2.01. The molecule has 0 atom stereocenters. The van der Waals surface area contributed by atoms with Crippen LogP contribution in [0.5, 0.6) is 0 Å². The first-order chi connectivity index (χ1) is 5.61. The Balaban J connectivity index is 2.64. The van der Waals surface area contributed by atoms with Crippen molar-refractivity contribution in [1.82, 2.24) is 4.90 Å². The second-order valence-electron chi connectivity index (χ2n) is 2.57. The number of carbonyl (C=O) groups excluding carboxylic acids is 1. The van der Waals surface area contributed by atoms with E-state index in [0.29, 0.717) is 6.54 Å². The number of hydrogen-bond donors (Lipinski definition) is 0. The second kappa shape index (κ2) is 4.05. The maximum Gasteiger partial charge on any atom is 0.219 e. The lowest BCUT2D eigenvalue weighted by Crippen LogP contribution is -2.22. The van der Waals surface area contributed by atoms with Crippen LogP contribution < -0.4 is 0 Å². The van der Waals surface area contributed by atoms with Gasteiger partial charge in [-0.1, -0.05) is 0 Å². The first-order valence-corrected chi connectivity index (χ1v) is 5.22. The van der Waals surface area contributed by atoms with Crippen LogP contribution >= 0.6 is 27.3 Å². The standard InChI is InChI=1S/C8H10BrNOS/c1-6(11)10(2)5-8-7(9)3-4-12-8/h3-4H,5H2,1-2H3. The van der Waals surface area contributed by atoms with E-state index in [4.69, 9.17) is 0 Å². The highest BCUT2D eigenvalue weighted by atomic mass is 79.9. The zero-order chi connectivity index (χ0) is 9.14. The molecular formula is C8H10BrNOS. The molecule has 1 heterocycles. The van der Waals surface area contributed by atoms with Crippen molar-refractivity contribution in [1.29, 1.82) is 0 Å². The SMILES string of the molecule is CC(=O)N(C)Cc1sccc1Br. The number of halogens is 1. The monoisotopic (exact) mass is 247 g/mol. The molecule has 1 aromatic rings. The van der Waals surface area contributed by atoms with Gasteiger partial charge < -0.3 is 4.90 Å². The molecule has 0 saturated heterocycles. The summed E-state index contributed by atoms with van der Waals surface area (Å²) in [6, 6.07) is 1.99. The topological polar surface area (TPSA) is 20.3 Å². The minimum Gasteiger partial charge on any atom is -0.341 e. The molecule has 0 saturated carbocycles. The Labute approximate surface area is 84.3 Å². The van der Waals surface area contributed by atoms with Gasteiger partial charge in [-0.25, -0.2) is 0 Å². The highest BCUT2D eigenvalue weighted by molar-refractivity contribution is 9.10. The van der Waals surface area contributed by atoms with Crippen LogP contribution in [0.1, 0.15) is 11.8 Å².